The fourth-order valence-electron chi connectivity index (χ4n) is 5.02. The van der Waals surface area contributed by atoms with Crippen LogP contribution < -0.4 is 25.4 Å². The van der Waals surface area contributed by atoms with E-state index in [0.29, 0.717) is 0 Å². The zero-order chi connectivity index (χ0) is 24.4. The molecule has 0 fully saturated rings. The number of aromatic nitrogens is 2. The Hall–Kier alpha value is -3.79. The standard InChI is InChI=1S/C30H21N2O2PS/c1-18-6-3-8-22(31-18)20-12-14-28-26(16-20)33-24-10-5-11-25-30(24)35(28,36)29-15-13-21(17-27(29)34-25)23-9-4-7-19(2)32-23/h3-17H,1-2H3. The van der Waals surface area contributed by atoms with Crippen LogP contribution in [0.2, 0.25) is 0 Å². The first-order valence-electron chi connectivity index (χ1n) is 11.8. The Morgan fingerprint density at radius 1 is 0.583 bits per heavy atom. The van der Waals surface area contributed by atoms with Crippen LogP contribution in [0.4, 0.5) is 0 Å². The molecule has 0 amide bonds. The molecule has 36 heavy (non-hydrogen) atoms. The van der Waals surface area contributed by atoms with Crippen molar-refractivity contribution in [1.82, 2.24) is 9.97 Å². The third-order valence-corrected chi connectivity index (χ3v) is 11.6. The summed E-state index contributed by atoms with van der Waals surface area (Å²) in [4.78, 5) is 9.40. The molecule has 2 aliphatic rings. The van der Waals surface area contributed by atoms with E-state index in [1.54, 1.807) is 0 Å². The smallest absolute Gasteiger partial charge is 0.140 e. The van der Waals surface area contributed by atoms with Gasteiger partial charge in [0.1, 0.15) is 23.0 Å². The molecule has 0 bridgehead atoms. The number of pyridine rings is 2. The van der Waals surface area contributed by atoms with Crippen LogP contribution in [0.25, 0.3) is 22.5 Å². The summed E-state index contributed by atoms with van der Waals surface area (Å²) in [5.74, 6) is 3.13. The average molecular weight is 505 g/mol. The number of ether oxygens (including phenoxy) is 2. The molecule has 0 saturated carbocycles. The summed E-state index contributed by atoms with van der Waals surface area (Å²) < 4.78 is 12.9. The minimum Gasteiger partial charge on any atom is -0.456 e. The normalized spacial score (nSPS) is 14.1. The molecule has 0 N–H and O–H groups in total. The molecule has 7 rings (SSSR count). The molecule has 174 valence electrons. The van der Waals surface area contributed by atoms with Crippen molar-refractivity contribution in [3.8, 4) is 45.5 Å². The van der Waals surface area contributed by atoms with Gasteiger partial charge in [-0.25, -0.2) is 0 Å². The average Bonchev–Trinajstić information content (AvgIpc) is 2.88. The van der Waals surface area contributed by atoms with Crippen LogP contribution in [0.5, 0.6) is 23.0 Å². The van der Waals surface area contributed by atoms with Gasteiger partial charge >= 0.3 is 0 Å². The van der Waals surface area contributed by atoms with E-state index in [1.807, 2.05) is 68.4 Å². The van der Waals surface area contributed by atoms with E-state index in [-0.39, 0.29) is 0 Å². The summed E-state index contributed by atoms with van der Waals surface area (Å²) in [6.45, 7) is 4.00. The fourth-order valence-corrected chi connectivity index (χ4v) is 9.48. The van der Waals surface area contributed by atoms with E-state index < -0.39 is 6.04 Å². The van der Waals surface area contributed by atoms with Gasteiger partial charge in [0.15, 0.2) is 0 Å². The predicted octanol–water partition coefficient (Wildman–Crippen LogP) is 6.39. The lowest BCUT2D eigenvalue weighted by Crippen LogP contribution is -2.34. The quantitative estimate of drug-likeness (QED) is 0.255. The van der Waals surface area contributed by atoms with E-state index >= 15 is 0 Å². The summed E-state index contributed by atoms with van der Waals surface area (Å²) in [5.41, 5.74) is 5.80. The molecule has 5 aromatic rings. The summed E-state index contributed by atoms with van der Waals surface area (Å²) in [7, 11) is 0. The zero-order valence-corrected chi connectivity index (χ0v) is 21.4. The second-order valence-electron chi connectivity index (χ2n) is 9.11. The Kier molecular flexibility index (Phi) is 4.69. The lowest BCUT2D eigenvalue weighted by atomic mass is 10.1. The molecule has 0 aliphatic carbocycles. The molecule has 4 heterocycles. The molecular weight excluding hydrogens is 483 g/mol. The summed E-state index contributed by atoms with van der Waals surface area (Å²) >= 11 is 6.64. The molecule has 2 aromatic heterocycles. The summed E-state index contributed by atoms with van der Waals surface area (Å²) in [6, 6.07) is 28.2. The Morgan fingerprint density at radius 3 is 1.53 bits per heavy atom. The van der Waals surface area contributed by atoms with Crippen molar-refractivity contribution >= 4 is 33.8 Å². The van der Waals surface area contributed by atoms with Gasteiger partial charge < -0.3 is 9.47 Å². The number of fused-ring (bicyclic) bond motifs is 4. The minimum absolute atomic E-state index is 0.771. The number of hydrogen-bond acceptors (Lipinski definition) is 5. The summed E-state index contributed by atoms with van der Waals surface area (Å²) in [5, 5.41) is 3.07. The zero-order valence-electron chi connectivity index (χ0n) is 19.7. The van der Waals surface area contributed by atoms with Gasteiger partial charge in [-0.15, -0.1) is 0 Å². The van der Waals surface area contributed by atoms with Crippen LogP contribution >= 0.6 is 6.04 Å². The third kappa shape index (κ3) is 3.17. The molecular formula is C30H21N2O2PS. The van der Waals surface area contributed by atoms with E-state index in [0.717, 1.165) is 72.8 Å². The molecule has 0 unspecified atom stereocenters. The first kappa shape index (κ1) is 21.5. The molecule has 2 aliphatic heterocycles. The number of rotatable bonds is 2. The van der Waals surface area contributed by atoms with E-state index in [9.17, 15) is 0 Å². The van der Waals surface area contributed by atoms with Gasteiger partial charge in [0.05, 0.1) is 22.7 Å². The van der Waals surface area contributed by atoms with Crippen molar-refractivity contribution < 1.29 is 9.47 Å². The highest BCUT2D eigenvalue weighted by atomic mass is 32.4. The van der Waals surface area contributed by atoms with Crippen molar-refractivity contribution in [3.63, 3.8) is 0 Å². The second-order valence-corrected chi connectivity index (χ2v) is 13.4. The van der Waals surface area contributed by atoms with Crippen LogP contribution in [0.15, 0.2) is 91.0 Å². The molecule has 0 radical (unpaired) electrons. The van der Waals surface area contributed by atoms with E-state index in [2.05, 4.69) is 36.4 Å². The minimum atomic E-state index is -2.41. The second kappa shape index (κ2) is 7.86. The highest BCUT2D eigenvalue weighted by Gasteiger charge is 2.42. The van der Waals surface area contributed by atoms with Gasteiger partial charge in [-0.2, -0.15) is 0 Å². The maximum absolute atomic E-state index is 6.64. The van der Waals surface area contributed by atoms with Crippen molar-refractivity contribution in [1.29, 1.82) is 0 Å². The lowest BCUT2D eigenvalue weighted by molar-refractivity contribution is 0.466. The van der Waals surface area contributed by atoms with E-state index in [4.69, 9.17) is 31.2 Å². The Balaban J connectivity index is 1.43. The lowest BCUT2D eigenvalue weighted by Gasteiger charge is -2.37. The van der Waals surface area contributed by atoms with Crippen molar-refractivity contribution in [2.75, 3.05) is 0 Å². The maximum Gasteiger partial charge on any atom is 0.140 e. The first-order chi connectivity index (χ1) is 17.5. The van der Waals surface area contributed by atoms with Crippen LogP contribution in [0.1, 0.15) is 11.4 Å². The van der Waals surface area contributed by atoms with Crippen molar-refractivity contribution in [2.45, 2.75) is 13.8 Å². The van der Waals surface area contributed by atoms with Crippen LogP contribution in [-0.4, -0.2) is 9.97 Å². The highest BCUT2D eigenvalue weighted by Crippen LogP contribution is 2.59. The van der Waals surface area contributed by atoms with Crippen molar-refractivity contribution in [3.05, 3.63) is 102 Å². The topological polar surface area (TPSA) is 44.2 Å². The molecule has 0 spiro atoms. The monoisotopic (exact) mass is 504 g/mol. The van der Waals surface area contributed by atoms with Crippen LogP contribution in [0.3, 0.4) is 0 Å². The van der Waals surface area contributed by atoms with Gasteiger partial charge in [0, 0.05) is 33.1 Å². The maximum atomic E-state index is 6.64. The number of nitrogens with zero attached hydrogens (tertiary/aromatic N) is 2. The largest absolute Gasteiger partial charge is 0.456 e. The molecule has 4 nitrogen and oxygen atoms in total. The SMILES string of the molecule is Cc1cccc(-c2ccc3c(c2)Oc2cccc4c2P3(=S)c2ccc(-c3cccc(C)n3)cc2O4)n1. The Bertz CT molecular complexity index is 1640. The van der Waals surface area contributed by atoms with Gasteiger partial charge in [-0.05, 0) is 74.5 Å². The molecule has 6 heteroatoms. The number of hydrogen-bond donors (Lipinski definition) is 0. The Morgan fingerprint density at radius 2 is 1.06 bits per heavy atom. The summed E-state index contributed by atoms with van der Waals surface area (Å²) in [6.07, 6.45) is 0. The highest BCUT2D eigenvalue weighted by molar-refractivity contribution is 8.26. The van der Waals surface area contributed by atoms with Crippen molar-refractivity contribution in [2.24, 2.45) is 0 Å². The molecule has 3 aromatic carbocycles. The van der Waals surface area contributed by atoms with Gasteiger partial charge in [-0.1, -0.05) is 42.1 Å². The molecule has 0 atom stereocenters. The van der Waals surface area contributed by atoms with Crippen LogP contribution in [-0.2, 0) is 11.8 Å². The number of benzene rings is 3. The van der Waals surface area contributed by atoms with Gasteiger partial charge in [0.25, 0.3) is 0 Å². The predicted molar refractivity (Wildman–Crippen MR) is 149 cm³/mol. The fraction of sp³-hybridized carbons (Fsp3) is 0.0667. The third-order valence-electron chi connectivity index (χ3n) is 6.68. The Labute approximate surface area is 214 Å². The first-order valence-corrected chi connectivity index (χ1v) is 14.6. The van der Waals surface area contributed by atoms with Gasteiger partial charge in [0.2, 0.25) is 0 Å². The van der Waals surface area contributed by atoms with Gasteiger partial charge in [-0.3, -0.25) is 9.97 Å². The van der Waals surface area contributed by atoms with Crippen LogP contribution in [0, 0.1) is 13.8 Å². The number of aryl methyl sites for hydroxylation is 2. The van der Waals surface area contributed by atoms with E-state index in [1.165, 1.54) is 0 Å². The molecule has 0 saturated heterocycles.